The van der Waals surface area contributed by atoms with E-state index in [2.05, 4.69) is 43.6 Å². The van der Waals surface area contributed by atoms with Crippen molar-refractivity contribution in [2.75, 3.05) is 51.2 Å². The number of fused-ring (bicyclic) bond motifs is 4. The Morgan fingerprint density at radius 1 is 1.20 bits per heavy atom. The number of amides is 3. The van der Waals surface area contributed by atoms with Crippen LogP contribution in [0.25, 0.3) is 0 Å². The Hall–Kier alpha value is -3.12. The quantitative estimate of drug-likeness (QED) is 0.347. The fraction of sp³-hybridized carbons (Fsp3) is 0.579. The zero-order valence-electron chi connectivity index (χ0n) is 29.2. The Bertz CT molecular complexity index is 1780. The lowest BCUT2D eigenvalue weighted by Gasteiger charge is -2.46. The Labute approximate surface area is 300 Å². The number of carbonyl (C=O) groups excluding carboxylic acids is 2. The summed E-state index contributed by atoms with van der Waals surface area (Å²) < 4.78 is 39.2. The largest absolute Gasteiger partial charge is 0.490 e. The number of hydrogen-bond acceptors (Lipinski definition) is 7. The Kier molecular flexibility index (Phi) is 10.2. The molecule has 0 radical (unpaired) electrons. The normalized spacial score (nSPS) is 34.2. The van der Waals surface area contributed by atoms with Gasteiger partial charge >= 0.3 is 6.03 Å². The molecule has 0 saturated heterocycles. The van der Waals surface area contributed by atoms with Gasteiger partial charge in [0, 0.05) is 55.3 Å². The lowest BCUT2D eigenvalue weighted by atomic mass is 9.68. The second kappa shape index (κ2) is 14.5. The minimum Gasteiger partial charge on any atom is -0.490 e. The van der Waals surface area contributed by atoms with Crippen molar-refractivity contribution in [2.24, 2.45) is 28.0 Å². The summed E-state index contributed by atoms with van der Waals surface area (Å²) in [6.07, 6.45) is 10.7. The summed E-state index contributed by atoms with van der Waals surface area (Å²) in [6, 6.07) is 10.9. The molecule has 2 heterocycles. The van der Waals surface area contributed by atoms with E-state index in [1.165, 1.54) is 11.1 Å². The molecule has 0 aromatic heterocycles. The standard InChI is InChI=1S/C38H49ClN4O6S/c1-24-6-4-8-34(48-3)30-12-9-27(30)19-43-22-38(15-5-7-25-16-29(39)11-13-31(25)38)23-49-35-14-10-26(18-33(35)43)36(44)41-50(46,21-24)42-37(45)40-32-17-28(32)20-47-2/h4,8,10-11,13-14,16,18,24,27-28,30,32,34H,5-7,9,12,15,17,19-23H2,1-3H3,(H2,40,41,42,44,45,46)/b8-4-/t24-,27-,28+,30+,32+,34-,38-,50?/m0/s1. The third-order valence-corrected chi connectivity index (χ3v) is 13.6. The highest BCUT2D eigenvalue weighted by Gasteiger charge is 2.44. The SMILES string of the molecule is COC[C@H]1C[C@H]1NC(=O)NS1(=O)=NC(=O)c2ccc3c(c2)N(C[C@@H]2CC[C@H]2[C@@H](OC)/C=C\C[C@H](C)C1)C[C@@]1(CCCc2cc(Cl)ccc21)CO3. The summed E-state index contributed by atoms with van der Waals surface area (Å²) in [5.41, 5.74) is 3.43. The number of anilines is 1. The van der Waals surface area contributed by atoms with E-state index in [0.29, 0.717) is 42.8 Å². The third-order valence-electron chi connectivity index (χ3n) is 11.4. The number of allylic oxidation sites excluding steroid dienone is 1. The zero-order valence-corrected chi connectivity index (χ0v) is 30.8. The highest BCUT2D eigenvalue weighted by atomic mass is 35.5. The average molecular weight is 725 g/mol. The molecule has 8 atom stereocenters. The van der Waals surface area contributed by atoms with Crippen LogP contribution < -0.4 is 19.7 Å². The number of nitrogens with one attached hydrogen (secondary N) is 2. The molecule has 7 rings (SSSR count). The van der Waals surface area contributed by atoms with Gasteiger partial charge in [-0.1, -0.05) is 36.7 Å². The number of rotatable bonds is 5. The molecular formula is C38H49ClN4O6S. The molecule has 5 aliphatic rings. The lowest BCUT2D eigenvalue weighted by molar-refractivity contribution is 0.0131. The number of benzene rings is 2. The van der Waals surface area contributed by atoms with Crippen LogP contribution in [0.5, 0.6) is 5.75 Å². The van der Waals surface area contributed by atoms with Gasteiger partial charge in [0.25, 0.3) is 5.91 Å². The van der Waals surface area contributed by atoms with Crippen LogP contribution in [0.2, 0.25) is 5.02 Å². The number of hydrogen-bond donors (Lipinski definition) is 2. The molecule has 2 bridgehead atoms. The number of ether oxygens (including phenoxy) is 3. The first kappa shape index (κ1) is 35.3. The van der Waals surface area contributed by atoms with Crippen molar-refractivity contribution in [3.05, 3.63) is 70.3 Å². The topological polar surface area (TPSA) is 119 Å². The molecular weight excluding hydrogens is 676 g/mol. The Morgan fingerprint density at radius 2 is 2.06 bits per heavy atom. The Morgan fingerprint density at radius 3 is 2.84 bits per heavy atom. The maximum absolute atomic E-state index is 14.4. The number of carbonyl (C=O) groups is 2. The summed E-state index contributed by atoms with van der Waals surface area (Å²) in [4.78, 5) is 29.4. The molecule has 10 nitrogen and oxygen atoms in total. The van der Waals surface area contributed by atoms with Crippen molar-refractivity contribution < 1.29 is 28.0 Å². The van der Waals surface area contributed by atoms with Crippen molar-refractivity contribution in [1.29, 1.82) is 0 Å². The van der Waals surface area contributed by atoms with E-state index < -0.39 is 21.9 Å². The fourth-order valence-corrected chi connectivity index (χ4v) is 10.6. The molecule has 3 aliphatic carbocycles. The molecule has 270 valence electrons. The summed E-state index contributed by atoms with van der Waals surface area (Å²) >= 11 is 6.45. The van der Waals surface area contributed by atoms with Gasteiger partial charge in [-0.05, 0) is 104 Å². The van der Waals surface area contributed by atoms with Gasteiger partial charge in [-0.2, -0.15) is 0 Å². The second-order valence-electron chi connectivity index (χ2n) is 15.1. The van der Waals surface area contributed by atoms with Gasteiger partial charge in [-0.3, -0.25) is 9.52 Å². The third kappa shape index (κ3) is 7.43. The molecule has 1 spiro atoms. The maximum atomic E-state index is 14.4. The van der Waals surface area contributed by atoms with E-state index in [9.17, 15) is 13.8 Å². The first-order valence-corrected chi connectivity index (χ1v) is 20.0. The van der Waals surface area contributed by atoms with E-state index in [0.717, 1.165) is 62.3 Å². The van der Waals surface area contributed by atoms with Crippen molar-refractivity contribution >= 4 is 39.1 Å². The van der Waals surface area contributed by atoms with E-state index in [1.807, 2.05) is 25.1 Å². The van der Waals surface area contributed by atoms with Gasteiger partial charge in [0.1, 0.15) is 15.7 Å². The summed E-state index contributed by atoms with van der Waals surface area (Å²) in [5.74, 6) is 0.941. The smallest absolute Gasteiger partial charge is 0.327 e. The molecule has 1 unspecified atom stereocenters. The van der Waals surface area contributed by atoms with E-state index in [-0.39, 0.29) is 35.1 Å². The fourth-order valence-electron chi connectivity index (χ4n) is 8.53. The highest BCUT2D eigenvalue weighted by molar-refractivity contribution is 7.92. The molecule has 3 amide bonds. The number of nitrogens with zero attached hydrogens (tertiary/aromatic N) is 2. The molecule has 2 N–H and O–H groups in total. The summed E-state index contributed by atoms with van der Waals surface area (Å²) in [6.45, 7) is 4.52. The van der Waals surface area contributed by atoms with Crippen LogP contribution in [0.15, 0.2) is 52.9 Å². The molecule has 12 heteroatoms. The van der Waals surface area contributed by atoms with Gasteiger partial charge in [0.2, 0.25) is 0 Å². The maximum Gasteiger partial charge on any atom is 0.327 e. The zero-order chi connectivity index (χ0) is 35.0. The van der Waals surface area contributed by atoms with Gasteiger partial charge in [-0.25, -0.2) is 9.00 Å². The minimum atomic E-state index is -3.48. The van der Waals surface area contributed by atoms with E-state index >= 15 is 0 Å². The van der Waals surface area contributed by atoms with Crippen molar-refractivity contribution in [3.63, 3.8) is 0 Å². The number of urea groups is 1. The van der Waals surface area contributed by atoms with Crippen LogP contribution >= 0.6 is 11.6 Å². The van der Waals surface area contributed by atoms with E-state index in [4.69, 9.17) is 25.8 Å². The summed E-state index contributed by atoms with van der Waals surface area (Å²) in [7, 11) is -0.0843. The molecule has 2 saturated carbocycles. The molecule has 2 aromatic carbocycles. The predicted molar refractivity (Wildman–Crippen MR) is 195 cm³/mol. The van der Waals surface area contributed by atoms with Gasteiger partial charge < -0.3 is 24.4 Å². The second-order valence-corrected chi connectivity index (χ2v) is 17.5. The predicted octanol–water partition coefficient (Wildman–Crippen LogP) is 6.31. The molecule has 50 heavy (non-hydrogen) atoms. The molecule has 2 fully saturated rings. The summed E-state index contributed by atoms with van der Waals surface area (Å²) in [5, 5.41) is 3.62. The van der Waals surface area contributed by atoms with Crippen LogP contribution in [0.4, 0.5) is 10.5 Å². The van der Waals surface area contributed by atoms with Crippen molar-refractivity contribution in [2.45, 2.75) is 69.4 Å². The lowest BCUT2D eigenvalue weighted by Crippen LogP contribution is -2.49. The monoisotopic (exact) mass is 724 g/mol. The highest BCUT2D eigenvalue weighted by Crippen LogP contribution is 2.47. The van der Waals surface area contributed by atoms with Crippen LogP contribution in [-0.2, 0) is 31.2 Å². The first-order chi connectivity index (χ1) is 24.1. The van der Waals surface area contributed by atoms with Crippen molar-refractivity contribution in [1.82, 2.24) is 10.0 Å². The van der Waals surface area contributed by atoms with E-state index in [1.54, 1.807) is 20.3 Å². The van der Waals surface area contributed by atoms with Gasteiger partial charge in [-0.15, -0.1) is 4.36 Å². The number of methoxy groups -OCH3 is 2. The molecule has 2 aliphatic heterocycles. The van der Waals surface area contributed by atoms with Crippen LogP contribution in [0.1, 0.15) is 66.9 Å². The number of aryl methyl sites for hydroxylation is 1. The van der Waals surface area contributed by atoms with Crippen LogP contribution in [0.3, 0.4) is 0 Å². The minimum absolute atomic E-state index is 0.0263. The van der Waals surface area contributed by atoms with Gasteiger partial charge in [0.05, 0.1) is 30.8 Å². The first-order valence-electron chi connectivity index (χ1n) is 17.9. The van der Waals surface area contributed by atoms with Crippen LogP contribution in [0, 0.1) is 23.7 Å². The Balaban J connectivity index is 1.26. The average Bonchev–Trinajstić information content (AvgIpc) is 3.82. The number of halogens is 1. The van der Waals surface area contributed by atoms with Crippen LogP contribution in [-0.4, -0.2) is 74.6 Å². The molecule has 2 aromatic rings. The van der Waals surface area contributed by atoms with Gasteiger partial charge in [0.15, 0.2) is 0 Å². The van der Waals surface area contributed by atoms with Crippen molar-refractivity contribution in [3.8, 4) is 5.75 Å².